The highest BCUT2D eigenvalue weighted by Crippen LogP contribution is 2.20. The van der Waals surface area contributed by atoms with Crippen LogP contribution in [0.5, 0.6) is 0 Å². The number of nitro benzene ring substituents is 1. The van der Waals surface area contributed by atoms with Gasteiger partial charge in [-0.3, -0.25) is 10.1 Å². The molecule has 88 valence electrons. The van der Waals surface area contributed by atoms with E-state index in [-0.39, 0.29) is 11.4 Å². The molecule has 0 spiro atoms. The Kier molecular flexibility index (Phi) is 3.24. The molecular formula is C9H7FN4O2S. The van der Waals surface area contributed by atoms with Gasteiger partial charge in [0.15, 0.2) is 5.82 Å². The summed E-state index contributed by atoms with van der Waals surface area (Å²) in [5, 5.41) is 18.7. The summed E-state index contributed by atoms with van der Waals surface area (Å²) in [5.74, 6) is -0.664. The summed E-state index contributed by atoms with van der Waals surface area (Å²) < 4.78 is 17.1. The van der Waals surface area contributed by atoms with Crippen LogP contribution in [0.1, 0.15) is 5.69 Å². The van der Waals surface area contributed by atoms with Crippen molar-refractivity contribution in [3.63, 3.8) is 0 Å². The molecule has 0 aliphatic carbocycles. The van der Waals surface area contributed by atoms with Gasteiger partial charge in [-0.1, -0.05) is 4.49 Å². The third kappa shape index (κ3) is 2.72. The summed E-state index contributed by atoms with van der Waals surface area (Å²) in [6, 6.07) is 3.44. The summed E-state index contributed by atoms with van der Waals surface area (Å²) in [5.41, 5.74) is 0.611. The predicted molar refractivity (Wildman–Crippen MR) is 60.3 cm³/mol. The van der Waals surface area contributed by atoms with Gasteiger partial charge in [0, 0.05) is 11.4 Å². The Morgan fingerprint density at radius 2 is 2.35 bits per heavy atom. The first-order valence-corrected chi connectivity index (χ1v) is 5.44. The molecule has 0 aliphatic rings. The molecule has 2 aromatic rings. The zero-order chi connectivity index (χ0) is 12.3. The van der Waals surface area contributed by atoms with Crippen molar-refractivity contribution in [2.45, 2.75) is 6.54 Å². The van der Waals surface area contributed by atoms with Crippen LogP contribution in [0.4, 0.5) is 15.8 Å². The van der Waals surface area contributed by atoms with Crippen molar-refractivity contribution in [1.29, 1.82) is 0 Å². The molecule has 0 unspecified atom stereocenters. The lowest BCUT2D eigenvalue weighted by molar-refractivity contribution is -0.385. The molecular weight excluding hydrogens is 247 g/mol. The van der Waals surface area contributed by atoms with Crippen molar-refractivity contribution in [3.05, 3.63) is 45.2 Å². The number of hydrogen-bond donors (Lipinski definition) is 1. The first-order chi connectivity index (χ1) is 8.16. The van der Waals surface area contributed by atoms with Crippen molar-refractivity contribution in [3.8, 4) is 0 Å². The van der Waals surface area contributed by atoms with E-state index in [1.807, 2.05) is 0 Å². The second-order valence-electron chi connectivity index (χ2n) is 3.17. The molecule has 0 amide bonds. The van der Waals surface area contributed by atoms with E-state index in [1.54, 1.807) is 5.38 Å². The van der Waals surface area contributed by atoms with Gasteiger partial charge in [-0.05, 0) is 17.6 Å². The minimum atomic E-state index is -0.664. The Balaban J connectivity index is 2.09. The Bertz CT molecular complexity index is 532. The molecule has 1 aromatic heterocycles. The molecule has 0 aliphatic heterocycles. The van der Waals surface area contributed by atoms with Crippen LogP contribution in [0, 0.1) is 15.9 Å². The Morgan fingerprint density at radius 1 is 1.53 bits per heavy atom. The fraction of sp³-hybridized carbons (Fsp3) is 0.111. The molecule has 0 fully saturated rings. The van der Waals surface area contributed by atoms with Gasteiger partial charge in [0.05, 0.1) is 28.9 Å². The molecule has 0 radical (unpaired) electrons. The number of benzene rings is 1. The monoisotopic (exact) mass is 254 g/mol. The van der Waals surface area contributed by atoms with Crippen LogP contribution >= 0.6 is 11.5 Å². The van der Waals surface area contributed by atoms with E-state index in [0.29, 0.717) is 12.2 Å². The Labute approximate surface area is 99.4 Å². The van der Waals surface area contributed by atoms with Crippen molar-refractivity contribution >= 4 is 22.9 Å². The Morgan fingerprint density at radius 3 is 2.94 bits per heavy atom. The average Bonchev–Trinajstić information content (AvgIpc) is 2.80. The third-order valence-electron chi connectivity index (χ3n) is 2.03. The first kappa shape index (κ1) is 11.4. The topological polar surface area (TPSA) is 81.0 Å². The predicted octanol–water partition coefficient (Wildman–Crippen LogP) is 2.20. The number of aromatic nitrogens is 2. The lowest BCUT2D eigenvalue weighted by atomic mass is 10.2. The molecule has 1 aromatic carbocycles. The van der Waals surface area contributed by atoms with Gasteiger partial charge in [0.1, 0.15) is 0 Å². The number of halogens is 1. The van der Waals surface area contributed by atoms with Crippen LogP contribution in [0.2, 0.25) is 0 Å². The summed E-state index contributed by atoms with van der Waals surface area (Å²) in [4.78, 5) is 9.77. The maximum Gasteiger partial charge on any atom is 0.272 e. The van der Waals surface area contributed by atoms with Crippen molar-refractivity contribution in [2.75, 3.05) is 5.32 Å². The van der Waals surface area contributed by atoms with Gasteiger partial charge < -0.3 is 5.32 Å². The van der Waals surface area contributed by atoms with E-state index in [0.717, 1.165) is 6.07 Å². The lowest BCUT2D eigenvalue weighted by Crippen LogP contribution is -2.02. The number of rotatable bonds is 4. The molecule has 0 atom stereocenters. The van der Waals surface area contributed by atoms with Crippen molar-refractivity contribution in [1.82, 2.24) is 9.59 Å². The quantitative estimate of drug-likeness (QED) is 0.668. The molecule has 0 saturated carbocycles. The molecule has 0 saturated heterocycles. The summed E-state index contributed by atoms with van der Waals surface area (Å²) >= 11 is 1.20. The van der Waals surface area contributed by atoms with Crippen molar-refractivity contribution in [2.24, 2.45) is 0 Å². The van der Waals surface area contributed by atoms with E-state index < -0.39 is 10.7 Å². The van der Waals surface area contributed by atoms with E-state index in [4.69, 9.17) is 0 Å². The zero-order valence-corrected chi connectivity index (χ0v) is 9.28. The van der Waals surface area contributed by atoms with E-state index >= 15 is 0 Å². The lowest BCUT2D eigenvalue weighted by Gasteiger charge is -2.04. The van der Waals surface area contributed by atoms with Crippen LogP contribution in [-0.4, -0.2) is 14.5 Å². The van der Waals surface area contributed by atoms with Gasteiger partial charge in [-0.25, -0.2) is 4.39 Å². The number of non-ortho nitro benzene ring substituents is 1. The van der Waals surface area contributed by atoms with Gasteiger partial charge in [-0.15, -0.1) is 5.10 Å². The van der Waals surface area contributed by atoms with Gasteiger partial charge in [0.2, 0.25) is 0 Å². The highest BCUT2D eigenvalue weighted by Gasteiger charge is 2.10. The summed E-state index contributed by atoms with van der Waals surface area (Å²) in [6.45, 7) is 0.325. The molecule has 1 heterocycles. The maximum absolute atomic E-state index is 13.4. The molecule has 2 rings (SSSR count). The fourth-order valence-corrected chi connectivity index (χ4v) is 1.66. The van der Waals surface area contributed by atoms with Crippen LogP contribution in [0.15, 0.2) is 23.6 Å². The second kappa shape index (κ2) is 4.83. The van der Waals surface area contributed by atoms with Crippen LogP contribution in [-0.2, 0) is 6.54 Å². The largest absolute Gasteiger partial charge is 0.377 e. The number of nitrogens with one attached hydrogen (secondary N) is 1. The van der Waals surface area contributed by atoms with Crippen LogP contribution in [0.3, 0.4) is 0 Å². The van der Waals surface area contributed by atoms with Gasteiger partial charge in [0.25, 0.3) is 5.69 Å². The van der Waals surface area contributed by atoms with Crippen LogP contribution in [0.25, 0.3) is 0 Å². The van der Waals surface area contributed by atoms with E-state index in [1.165, 1.54) is 23.7 Å². The number of nitro groups is 1. The summed E-state index contributed by atoms with van der Waals surface area (Å²) in [6.07, 6.45) is 0. The highest BCUT2D eigenvalue weighted by molar-refractivity contribution is 7.03. The molecule has 1 N–H and O–H groups in total. The third-order valence-corrected chi connectivity index (χ3v) is 2.58. The number of nitrogens with zero attached hydrogens (tertiary/aromatic N) is 3. The fourth-order valence-electron chi connectivity index (χ4n) is 1.21. The van der Waals surface area contributed by atoms with E-state index in [2.05, 4.69) is 14.9 Å². The zero-order valence-electron chi connectivity index (χ0n) is 8.46. The minimum Gasteiger partial charge on any atom is -0.377 e. The van der Waals surface area contributed by atoms with Crippen molar-refractivity contribution < 1.29 is 9.31 Å². The van der Waals surface area contributed by atoms with Gasteiger partial charge in [-0.2, -0.15) is 0 Å². The second-order valence-corrected chi connectivity index (χ2v) is 3.78. The number of hydrogen-bond acceptors (Lipinski definition) is 6. The highest BCUT2D eigenvalue weighted by atomic mass is 32.1. The normalized spacial score (nSPS) is 10.2. The number of anilines is 1. The van der Waals surface area contributed by atoms with Gasteiger partial charge >= 0.3 is 0 Å². The molecule has 6 nitrogen and oxygen atoms in total. The Hall–Kier alpha value is -2.09. The summed E-state index contributed by atoms with van der Waals surface area (Å²) in [7, 11) is 0. The minimum absolute atomic E-state index is 0.198. The SMILES string of the molecule is O=[N+]([O-])c1ccc(NCc2csnn2)c(F)c1. The molecule has 8 heteroatoms. The van der Waals surface area contributed by atoms with E-state index in [9.17, 15) is 14.5 Å². The maximum atomic E-state index is 13.4. The molecule has 17 heavy (non-hydrogen) atoms. The average molecular weight is 254 g/mol. The standard InChI is InChI=1S/C9H7FN4O2S/c10-8-3-7(14(15)16)1-2-9(8)11-4-6-5-17-13-12-6/h1-3,5,11H,4H2. The first-order valence-electron chi connectivity index (χ1n) is 4.60. The van der Waals surface area contributed by atoms with Crippen LogP contribution < -0.4 is 5.32 Å². The smallest absolute Gasteiger partial charge is 0.272 e. The molecule has 0 bridgehead atoms.